The fourth-order valence-electron chi connectivity index (χ4n) is 3.32. The lowest BCUT2D eigenvalue weighted by molar-refractivity contribution is -0.154. The fraction of sp³-hybridized carbons (Fsp3) is 0.750. The standard InChI is InChI=1S/C20H37N9O3/c1-4-6-7-8-16(14-29(32)15-30)17(31)25-26-19-22-18(21-9-5-2)23-20(24-19)28-12-10-27(3)11-13-28/h15-16,32H,4-14H2,1-3H3,(H,25,31)(H2,21,22,23,24,26)/t16-/m0/s1. The zero-order valence-corrected chi connectivity index (χ0v) is 19.4. The molecular weight excluding hydrogens is 414 g/mol. The minimum atomic E-state index is -0.555. The van der Waals surface area contributed by atoms with Gasteiger partial charge in [-0.15, -0.1) is 0 Å². The van der Waals surface area contributed by atoms with Crippen LogP contribution in [-0.2, 0) is 9.59 Å². The van der Waals surface area contributed by atoms with Gasteiger partial charge in [-0.05, 0) is 19.9 Å². The molecule has 0 aliphatic carbocycles. The number of hydrogen-bond acceptors (Lipinski definition) is 10. The second-order valence-electron chi connectivity index (χ2n) is 8.03. The molecule has 0 aromatic carbocycles. The molecule has 32 heavy (non-hydrogen) atoms. The Morgan fingerprint density at radius 1 is 1.12 bits per heavy atom. The number of likely N-dealkylation sites (N-methyl/N-ethyl adjacent to an activating group) is 1. The van der Waals surface area contributed by atoms with E-state index in [0.29, 0.717) is 29.8 Å². The second kappa shape index (κ2) is 13.6. The number of hydrazine groups is 1. The SMILES string of the molecule is CCCCC[C@@H](CN(O)C=O)C(=O)NNc1nc(NCCC)nc(N2CCN(C)CC2)n1. The van der Waals surface area contributed by atoms with Crippen molar-refractivity contribution < 1.29 is 14.8 Å². The number of hydroxylamine groups is 2. The zero-order chi connectivity index (χ0) is 23.3. The van der Waals surface area contributed by atoms with Gasteiger partial charge in [-0.1, -0.05) is 33.1 Å². The lowest BCUT2D eigenvalue weighted by atomic mass is 10.0. The predicted molar refractivity (Wildman–Crippen MR) is 122 cm³/mol. The number of carbonyl (C=O) groups is 2. The van der Waals surface area contributed by atoms with Crippen LogP contribution in [0.5, 0.6) is 0 Å². The van der Waals surface area contributed by atoms with Crippen LogP contribution in [0.4, 0.5) is 17.8 Å². The Morgan fingerprint density at radius 3 is 2.50 bits per heavy atom. The second-order valence-corrected chi connectivity index (χ2v) is 8.03. The van der Waals surface area contributed by atoms with Gasteiger partial charge in [0.05, 0.1) is 12.5 Å². The highest BCUT2D eigenvalue weighted by Gasteiger charge is 2.22. The van der Waals surface area contributed by atoms with Crippen molar-refractivity contribution in [3.8, 4) is 0 Å². The van der Waals surface area contributed by atoms with Gasteiger partial charge in [0, 0.05) is 32.7 Å². The molecule has 1 atom stereocenters. The van der Waals surface area contributed by atoms with Gasteiger partial charge < -0.3 is 15.1 Å². The summed E-state index contributed by atoms with van der Waals surface area (Å²) in [5.41, 5.74) is 5.41. The molecule has 1 fully saturated rings. The minimum absolute atomic E-state index is 0.0756. The first-order valence-electron chi connectivity index (χ1n) is 11.4. The predicted octanol–water partition coefficient (Wildman–Crippen LogP) is 0.933. The Labute approximate surface area is 189 Å². The molecule has 1 aromatic rings. The van der Waals surface area contributed by atoms with E-state index in [1.165, 1.54) is 0 Å². The van der Waals surface area contributed by atoms with Gasteiger partial charge >= 0.3 is 0 Å². The maximum Gasteiger partial charge on any atom is 0.248 e. The lowest BCUT2D eigenvalue weighted by Crippen LogP contribution is -2.45. The Bertz CT molecular complexity index is 714. The number of unbranched alkanes of at least 4 members (excludes halogenated alkanes) is 2. The normalized spacial score (nSPS) is 15.2. The molecule has 0 bridgehead atoms. The maximum absolute atomic E-state index is 12.7. The summed E-state index contributed by atoms with van der Waals surface area (Å²) in [5.74, 6) is 0.317. The number of carbonyl (C=O) groups excluding carboxylic acids is 2. The van der Waals surface area contributed by atoms with Crippen LogP contribution in [-0.4, -0.2) is 88.8 Å². The third-order valence-corrected chi connectivity index (χ3v) is 5.30. The summed E-state index contributed by atoms with van der Waals surface area (Å²) in [7, 11) is 2.08. The number of nitrogens with one attached hydrogen (secondary N) is 3. The van der Waals surface area contributed by atoms with Gasteiger partial charge in [0.15, 0.2) is 0 Å². The Morgan fingerprint density at radius 2 is 1.84 bits per heavy atom. The molecule has 4 N–H and O–H groups in total. The Balaban J connectivity index is 2.08. The van der Waals surface area contributed by atoms with E-state index in [2.05, 4.69) is 61.8 Å². The molecule has 2 heterocycles. The monoisotopic (exact) mass is 451 g/mol. The quantitative estimate of drug-likeness (QED) is 0.140. The molecule has 12 heteroatoms. The third-order valence-electron chi connectivity index (χ3n) is 5.30. The maximum atomic E-state index is 12.7. The summed E-state index contributed by atoms with van der Waals surface area (Å²) in [4.78, 5) is 41.2. The van der Waals surface area contributed by atoms with Gasteiger partial charge in [0.2, 0.25) is 30.2 Å². The highest BCUT2D eigenvalue weighted by atomic mass is 16.5. The number of aromatic nitrogens is 3. The molecule has 1 aliphatic rings. The highest BCUT2D eigenvalue weighted by Crippen LogP contribution is 2.16. The summed E-state index contributed by atoms with van der Waals surface area (Å²) in [6.07, 6.45) is 4.58. The highest BCUT2D eigenvalue weighted by molar-refractivity contribution is 5.80. The van der Waals surface area contributed by atoms with Crippen LogP contribution < -0.4 is 21.1 Å². The molecule has 1 aromatic heterocycles. The summed E-state index contributed by atoms with van der Waals surface area (Å²) in [6, 6.07) is 0. The molecule has 0 unspecified atom stereocenters. The van der Waals surface area contributed by atoms with Crippen LogP contribution >= 0.6 is 0 Å². The van der Waals surface area contributed by atoms with Crippen molar-refractivity contribution in [2.24, 2.45) is 5.92 Å². The van der Waals surface area contributed by atoms with E-state index in [1.54, 1.807) is 0 Å². The molecule has 1 saturated heterocycles. The molecule has 0 radical (unpaired) electrons. The third kappa shape index (κ3) is 8.42. The minimum Gasteiger partial charge on any atom is -0.354 e. The summed E-state index contributed by atoms with van der Waals surface area (Å²) in [6.45, 7) is 8.20. The van der Waals surface area contributed by atoms with Crippen molar-refractivity contribution in [3.63, 3.8) is 0 Å². The molecule has 12 nitrogen and oxygen atoms in total. The van der Waals surface area contributed by atoms with Crippen molar-refractivity contribution in [1.29, 1.82) is 0 Å². The Hall–Kier alpha value is -2.73. The number of nitrogens with zero attached hydrogens (tertiary/aromatic N) is 6. The molecule has 1 aliphatic heterocycles. The van der Waals surface area contributed by atoms with E-state index in [4.69, 9.17) is 0 Å². The van der Waals surface area contributed by atoms with Crippen LogP contribution in [0.3, 0.4) is 0 Å². The molecule has 180 valence electrons. The van der Waals surface area contributed by atoms with Crippen LogP contribution in [0, 0.1) is 5.92 Å². The molecular formula is C20H37N9O3. The van der Waals surface area contributed by atoms with Gasteiger partial charge in [-0.25, -0.2) is 5.06 Å². The van der Waals surface area contributed by atoms with Gasteiger partial charge in [0.25, 0.3) is 0 Å². The average Bonchev–Trinajstić information content (AvgIpc) is 2.80. The van der Waals surface area contributed by atoms with Crippen molar-refractivity contribution >= 4 is 30.2 Å². The summed E-state index contributed by atoms with van der Waals surface area (Å²) >= 11 is 0. The van der Waals surface area contributed by atoms with Crippen LogP contribution in [0.2, 0.25) is 0 Å². The van der Waals surface area contributed by atoms with Crippen molar-refractivity contribution in [3.05, 3.63) is 0 Å². The van der Waals surface area contributed by atoms with E-state index in [1.807, 2.05) is 0 Å². The lowest BCUT2D eigenvalue weighted by Gasteiger charge is -2.32. The first kappa shape index (κ1) is 25.5. The summed E-state index contributed by atoms with van der Waals surface area (Å²) < 4.78 is 0. The first-order chi connectivity index (χ1) is 15.5. The average molecular weight is 452 g/mol. The van der Waals surface area contributed by atoms with E-state index in [-0.39, 0.29) is 18.4 Å². The van der Waals surface area contributed by atoms with Crippen LogP contribution in [0.15, 0.2) is 0 Å². The Kier molecular flexibility index (Phi) is 10.9. The number of anilines is 3. The molecule has 2 amide bonds. The van der Waals surface area contributed by atoms with E-state index < -0.39 is 5.92 Å². The smallest absolute Gasteiger partial charge is 0.248 e. The van der Waals surface area contributed by atoms with Crippen molar-refractivity contribution in [1.82, 2.24) is 30.3 Å². The van der Waals surface area contributed by atoms with E-state index in [9.17, 15) is 14.8 Å². The van der Waals surface area contributed by atoms with Gasteiger partial charge in [0.1, 0.15) is 0 Å². The molecule has 0 spiro atoms. The number of piperazine rings is 1. The molecule has 0 saturated carbocycles. The largest absolute Gasteiger partial charge is 0.354 e. The van der Waals surface area contributed by atoms with Crippen molar-refractivity contribution in [2.45, 2.75) is 46.0 Å². The molecule has 2 rings (SSSR count). The van der Waals surface area contributed by atoms with Crippen molar-refractivity contribution in [2.75, 3.05) is 62.0 Å². The van der Waals surface area contributed by atoms with E-state index in [0.717, 1.165) is 58.4 Å². The number of hydrogen-bond donors (Lipinski definition) is 4. The summed E-state index contributed by atoms with van der Waals surface area (Å²) in [5, 5.41) is 13.2. The topological polar surface area (TPSA) is 139 Å². The van der Waals surface area contributed by atoms with Gasteiger partial charge in [-0.3, -0.25) is 25.6 Å². The first-order valence-corrected chi connectivity index (χ1v) is 11.4. The van der Waals surface area contributed by atoms with E-state index >= 15 is 0 Å². The number of rotatable bonds is 14. The number of amides is 2. The van der Waals surface area contributed by atoms with Gasteiger partial charge in [-0.2, -0.15) is 15.0 Å². The van der Waals surface area contributed by atoms with Crippen LogP contribution in [0.25, 0.3) is 0 Å². The fourth-order valence-corrected chi connectivity index (χ4v) is 3.32. The zero-order valence-electron chi connectivity index (χ0n) is 19.4. The van der Waals surface area contributed by atoms with Crippen LogP contribution in [0.1, 0.15) is 46.0 Å².